The van der Waals surface area contributed by atoms with E-state index in [-0.39, 0.29) is 12.3 Å². The van der Waals surface area contributed by atoms with E-state index in [0.717, 1.165) is 16.6 Å². The van der Waals surface area contributed by atoms with Crippen molar-refractivity contribution in [2.45, 2.75) is 12.8 Å². The Hall–Kier alpha value is -2.32. The Balaban J connectivity index is 1.78. The highest BCUT2D eigenvalue weighted by Gasteiger charge is 2.31. The SMILES string of the molecule is O=C(O)CCCN1C(=O)/C(=C/c2ccc3nccnc3c2)SC1=S. The number of rotatable bonds is 5. The van der Waals surface area contributed by atoms with Crippen LogP contribution in [0.1, 0.15) is 18.4 Å². The van der Waals surface area contributed by atoms with Gasteiger partial charge in [0.05, 0.1) is 15.9 Å². The Labute approximate surface area is 147 Å². The van der Waals surface area contributed by atoms with Crippen LogP contribution in [-0.4, -0.2) is 42.7 Å². The molecular weight excluding hydrogens is 346 g/mol. The van der Waals surface area contributed by atoms with E-state index < -0.39 is 5.97 Å². The van der Waals surface area contributed by atoms with Crippen molar-refractivity contribution in [3.63, 3.8) is 0 Å². The topological polar surface area (TPSA) is 83.4 Å². The predicted octanol–water partition coefficient (Wildman–Crippen LogP) is 2.70. The lowest BCUT2D eigenvalue weighted by molar-refractivity contribution is -0.137. The van der Waals surface area contributed by atoms with Gasteiger partial charge in [0.1, 0.15) is 4.32 Å². The molecular formula is C16H13N3O3S2. The van der Waals surface area contributed by atoms with Crippen LogP contribution in [0.4, 0.5) is 0 Å². The summed E-state index contributed by atoms with van der Waals surface area (Å²) in [6.07, 6.45) is 5.41. The van der Waals surface area contributed by atoms with E-state index in [1.54, 1.807) is 18.5 Å². The number of carbonyl (C=O) groups excluding carboxylic acids is 1. The van der Waals surface area contributed by atoms with Gasteiger partial charge in [-0.2, -0.15) is 0 Å². The molecule has 1 aromatic carbocycles. The number of hydrogen-bond acceptors (Lipinski definition) is 6. The number of amides is 1. The van der Waals surface area contributed by atoms with Crippen molar-refractivity contribution in [1.29, 1.82) is 0 Å². The van der Waals surface area contributed by atoms with Gasteiger partial charge in [-0.15, -0.1) is 0 Å². The van der Waals surface area contributed by atoms with Crippen LogP contribution in [0.25, 0.3) is 17.1 Å². The molecule has 1 aliphatic rings. The zero-order valence-corrected chi connectivity index (χ0v) is 14.1. The molecule has 0 atom stereocenters. The average molecular weight is 359 g/mol. The number of thioether (sulfide) groups is 1. The normalized spacial score (nSPS) is 16.3. The number of carboxylic acid groups (broad SMARTS) is 1. The summed E-state index contributed by atoms with van der Waals surface area (Å²) in [7, 11) is 0. The third-order valence-corrected chi connectivity index (χ3v) is 4.81. The maximum Gasteiger partial charge on any atom is 0.303 e. The highest BCUT2D eigenvalue weighted by molar-refractivity contribution is 8.26. The Bertz CT molecular complexity index is 867. The van der Waals surface area contributed by atoms with Crippen LogP contribution >= 0.6 is 24.0 Å². The quantitative estimate of drug-likeness (QED) is 0.649. The van der Waals surface area contributed by atoms with Crippen LogP contribution in [-0.2, 0) is 9.59 Å². The summed E-state index contributed by atoms with van der Waals surface area (Å²) in [5, 5.41) is 8.69. The lowest BCUT2D eigenvalue weighted by Gasteiger charge is -2.13. The maximum absolute atomic E-state index is 12.4. The van der Waals surface area contributed by atoms with Gasteiger partial charge in [0.15, 0.2) is 0 Å². The highest BCUT2D eigenvalue weighted by Crippen LogP contribution is 2.32. The smallest absolute Gasteiger partial charge is 0.303 e. The van der Waals surface area contributed by atoms with Crippen molar-refractivity contribution in [3.8, 4) is 0 Å². The fraction of sp³-hybridized carbons (Fsp3) is 0.188. The summed E-state index contributed by atoms with van der Waals surface area (Å²) in [6.45, 7) is 0.317. The third-order valence-electron chi connectivity index (χ3n) is 3.44. The van der Waals surface area contributed by atoms with Crippen molar-refractivity contribution in [2.75, 3.05) is 6.54 Å². The summed E-state index contributed by atoms with van der Waals surface area (Å²) in [5.74, 6) is -1.07. The minimum Gasteiger partial charge on any atom is -0.481 e. The summed E-state index contributed by atoms with van der Waals surface area (Å²) in [4.78, 5) is 33.5. The number of thiocarbonyl (C=S) groups is 1. The number of aliphatic carboxylic acids is 1. The second-order valence-corrected chi connectivity index (χ2v) is 6.81. The molecule has 0 radical (unpaired) electrons. The molecule has 0 bridgehead atoms. The molecule has 0 aliphatic carbocycles. The molecule has 0 spiro atoms. The van der Waals surface area contributed by atoms with Gasteiger partial charge in [-0.25, -0.2) is 0 Å². The van der Waals surface area contributed by atoms with E-state index in [1.807, 2.05) is 18.2 Å². The first-order valence-corrected chi connectivity index (χ1v) is 8.45. The lowest BCUT2D eigenvalue weighted by Crippen LogP contribution is -2.29. The number of aromatic nitrogens is 2. The first-order valence-electron chi connectivity index (χ1n) is 7.22. The van der Waals surface area contributed by atoms with Gasteiger partial charge in [0, 0.05) is 25.4 Å². The van der Waals surface area contributed by atoms with Crippen LogP contribution < -0.4 is 0 Å². The highest BCUT2D eigenvalue weighted by atomic mass is 32.2. The molecule has 1 saturated heterocycles. The Morgan fingerprint density at radius 2 is 2.04 bits per heavy atom. The monoisotopic (exact) mass is 359 g/mol. The molecule has 1 fully saturated rings. The molecule has 2 aromatic rings. The van der Waals surface area contributed by atoms with Crippen molar-refractivity contribution < 1.29 is 14.7 Å². The van der Waals surface area contributed by atoms with Gasteiger partial charge in [0.25, 0.3) is 5.91 Å². The number of fused-ring (bicyclic) bond motifs is 1. The van der Waals surface area contributed by atoms with E-state index >= 15 is 0 Å². The van der Waals surface area contributed by atoms with Crippen molar-refractivity contribution in [2.24, 2.45) is 0 Å². The number of carboxylic acids is 1. The second kappa shape index (κ2) is 7.06. The molecule has 122 valence electrons. The largest absolute Gasteiger partial charge is 0.481 e. The molecule has 0 saturated carbocycles. The van der Waals surface area contributed by atoms with E-state index in [4.69, 9.17) is 17.3 Å². The minimum absolute atomic E-state index is 0.0133. The van der Waals surface area contributed by atoms with E-state index in [9.17, 15) is 9.59 Å². The molecule has 2 heterocycles. The zero-order valence-electron chi connectivity index (χ0n) is 12.5. The fourth-order valence-electron chi connectivity index (χ4n) is 2.30. The molecule has 1 aromatic heterocycles. The van der Waals surface area contributed by atoms with Gasteiger partial charge in [0.2, 0.25) is 0 Å². The standard InChI is InChI=1S/C16H13N3O3S2/c20-14(21)2-1-7-19-15(22)13(24-16(19)23)9-10-3-4-11-12(8-10)18-6-5-17-11/h3-6,8-9H,1-2,7H2,(H,20,21)/b13-9-. The van der Waals surface area contributed by atoms with Crippen LogP contribution in [0.3, 0.4) is 0 Å². The van der Waals surface area contributed by atoms with Crippen LogP contribution in [0.5, 0.6) is 0 Å². The van der Waals surface area contributed by atoms with Crippen LogP contribution in [0.15, 0.2) is 35.5 Å². The fourth-order valence-corrected chi connectivity index (χ4v) is 3.61. The summed E-state index contributed by atoms with van der Waals surface area (Å²) >= 11 is 6.45. The number of hydrogen-bond donors (Lipinski definition) is 1. The molecule has 6 nitrogen and oxygen atoms in total. The van der Waals surface area contributed by atoms with Crippen LogP contribution in [0.2, 0.25) is 0 Å². The van der Waals surface area contributed by atoms with E-state index in [1.165, 1.54) is 16.7 Å². The van der Waals surface area contributed by atoms with Gasteiger partial charge < -0.3 is 5.11 Å². The Kier molecular flexibility index (Phi) is 4.86. The Morgan fingerprint density at radius 3 is 2.79 bits per heavy atom. The summed E-state index contributed by atoms with van der Waals surface area (Å²) in [6, 6.07) is 5.58. The van der Waals surface area contributed by atoms with Gasteiger partial charge in [-0.1, -0.05) is 30.0 Å². The predicted molar refractivity (Wildman–Crippen MR) is 96.3 cm³/mol. The minimum atomic E-state index is -0.881. The zero-order chi connectivity index (χ0) is 17.1. The first-order chi connectivity index (χ1) is 11.5. The molecule has 1 aliphatic heterocycles. The molecule has 8 heteroatoms. The van der Waals surface area contributed by atoms with E-state index in [2.05, 4.69) is 9.97 Å². The molecule has 1 N–H and O–H groups in total. The van der Waals surface area contributed by atoms with Gasteiger partial charge >= 0.3 is 5.97 Å². The Morgan fingerprint density at radius 1 is 1.29 bits per heavy atom. The lowest BCUT2D eigenvalue weighted by atomic mass is 10.1. The van der Waals surface area contributed by atoms with Gasteiger partial charge in [-0.05, 0) is 30.2 Å². The van der Waals surface area contributed by atoms with Crippen molar-refractivity contribution in [3.05, 3.63) is 41.1 Å². The number of carbonyl (C=O) groups is 2. The second-order valence-electron chi connectivity index (χ2n) is 5.14. The van der Waals surface area contributed by atoms with Crippen LogP contribution in [0, 0.1) is 0 Å². The third kappa shape index (κ3) is 3.60. The summed E-state index contributed by atoms with van der Waals surface area (Å²) in [5.41, 5.74) is 2.38. The average Bonchev–Trinajstić information content (AvgIpc) is 2.82. The number of benzene rings is 1. The van der Waals surface area contributed by atoms with Crippen molar-refractivity contribution in [1.82, 2.24) is 14.9 Å². The molecule has 1 amide bonds. The molecule has 3 rings (SSSR count). The molecule has 24 heavy (non-hydrogen) atoms. The van der Waals surface area contributed by atoms with E-state index in [0.29, 0.717) is 22.2 Å². The summed E-state index contributed by atoms with van der Waals surface area (Å²) < 4.78 is 0.456. The maximum atomic E-state index is 12.4. The number of nitrogens with zero attached hydrogens (tertiary/aromatic N) is 3. The van der Waals surface area contributed by atoms with Gasteiger partial charge in [-0.3, -0.25) is 24.5 Å². The first kappa shape index (κ1) is 16.5. The van der Waals surface area contributed by atoms with Crippen molar-refractivity contribution >= 4 is 57.3 Å². The molecule has 0 unspecified atom stereocenters.